The molecule has 0 fully saturated rings. The third-order valence-corrected chi connectivity index (χ3v) is 3.20. The van der Waals surface area contributed by atoms with Gasteiger partial charge in [-0.3, -0.25) is 4.79 Å². The molecule has 0 aliphatic carbocycles. The Labute approximate surface area is 140 Å². The van der Waals surface area contributed by atoms with Crippen molar-refractivity contribution in [2.24, 2.45) is 0 Å². The van der Waals surface area contributed by atoms with E-state index in [-0.39, 0.29) is 5.91 Å². The smallest absolute Gasteiger partial charge is 0.339 e. The first-order chi connectivity index (χ1) is 11.7. The summed E-state index contributed by atoms with van der Waals surface area (Å²) in [5, 5.41) is 5.78. The predicted molar refractivity (Wildman–Crippen MR) is 89.5 cm³/mol. The van der Waals surface area contributed by atoms with Crippen molar-refractivity contribution in [2.45, 2.75) is 0 Å². The standard InChI is InChI=1S/C17H19N3O4/c1-23-10-9-18-16(21)15-8-7-12(11-19-15)20-14-6-4-3-5-13(14)17(22)24-2/h3-8,11,20H,9-10H2,1-2H3,(H,18,21). The Morgan fingerprint density at radius 3 is 2.58 bits per heavy atom. The second-order valence-electron chi connectivity index (χ2n) is 4.84. The van der Waals surface area contributed by atoms with E-state index in [1.165, 1.54) is 13.3 Å². The van der Waals surface area contributed by atoms with Gasteiger partial charge in [0.1, 0.15) is 5.69 Å². The molecule has 2 rings (SSSR count). The topological polar surface area (TPSA) is 89.6 Å². The summed E-state index contributed by atoms with van der Waals surface area (Å²) in [5.74, 6) is -0.700. The fourth-order valence-corrected chi connectivity index (χ4v) is 1.99. The molecule has 2 aromatic rings. The number of hydrogen-bond donors (Lipinski definition) is 2. The Balaban J connectivity index is 2.07. The van der Waals surface area contributed by atoms with Gasteiger partial charge in [-0.15, -0.1) is 0 Å². The van der Waals surface area contributed by atoms with Gasteiger partial charge in [-0.2, -0.15) is 0 Å². The third kappa shape index (κ3) is 4.53. The van der Waals surface area contributed by atoms with E-state index in [4.69, 9.17) is 9.47 Å². The van der Waals surface area contributed by atoms with Gasteiger partial charge in [0.15, 0.2) is 0 Å². The van der Waals surface area contributed by atoms with E-state index in [1.807, 2.05) is 0 Å². The second-order valence-corrected chi connectivity index (χ2v) is 4.84. The van der Waals surface area contributed by atoms with Gasteiger partial charge in [0.2, 0.25) is 0 Å². The number of hydrogen-bond acceptors (Lipinski definition) is 6. The van der Waals surface area contributed by atoms with Crippen LogP contribution in [0.4, 0.5) is 11.4 Å². The van der Waals surface area contributed by atoms with Gasteiger partial charge in [-0.1, -0.05) is 12.1 Å². The first-order valence-electron chi connectivity index (χ1n) is 7.33. The average Bonchev–Trinajstić information content (AvgIpc) is 2.62. The lowest BCUT2D eigenvalue weighted by molar-refractivity contribution is 0.0601. The zero-order valence-electron chi connectivity index (χ0n) is 13.5. The van der Waals surface area contributed by atoms with Crippen molar-refractivity contribution in [1.82, 2.24) is 10.3 Å². The Kier molecular flexibility index (Phi) is 6.27. The molecule has 0 radical (unpaired) electrons. The first-order valence-corrected chi connectivity index (χ1v) is 7.33. The normalized spacial score (nSPS) is 10.1. The molecule has 1 heterocycles. The zero-order valence-corrected chi connectivity index (χ0v) is 13.5. The van der Waals surface area contributed by atoms with Crippen LogP contribution in [-0.4, -0.2) is 44.2 Å². The minimum atomic E-state index is -0.430. The highest BCUT2D eigenvalue weighted by molar-refractivity contribution is 5.96. The van der Waals surface area contributed by atoms with Crippen LogP contribution in [0, 0.1) is 0 Å². The van der Waals surface area contributed by atoms with Crippen LogP contribution in [0.5, 0.6) is 0 Å². The minimum Gasteiger partial charge on any atom is -0.465 e. The number of nitrogens with one attached hydrogen (secondary N) is 2. The number of amides is 1. The number of para-hydroxylation sites is 1. The fraction of sp³-hybridized carbons (Fsp3) is 0.235. The van der Waals surface area contributed by atoms with Crippen LogP contribution in [-0.2, 0) is 9.47 Å². The molecule has 0 bridgehead atoms. The summed E-state index contributed by atoms with van der Waals surface area (Å²) in [7, 11) is 2.90. The number of carbonyl (C=O) groups excluding carboxylic acids is 2. The number of nitrogens with zero attached hydrogens (tertiary/aromatic N) is 1. The summed E-state index contributed by atoms with van der Waals surface area (Å²) in [5.41, 5.74) is 1.97. The van der Waals surface area contributed by atoms with Crippen LogP contribution >= 0.6 is 0 Å². The molecule has 0 aliphatic heterocycles. The average molecular weight is 329 g/mol. The maximum absolute atomic E-state index is 11.9. The predicted octanol–water partition coefficient (Wildman–Crippen LogP) is 1.99. The summed E-state index contributed by atoms with van der Waals surface area (Å²) in [6.07, 6.45) is 1.53. The van der Waals surface area contributed by atoms with Crippen LogP contribution in [0.3, 0.4) is 0 Å². The van der Waals surface area contributed by atoms with Gasteiger partial charge in [0, 0.05) is 13.7 Å². The summed E-state index contributed by atoms with van der Waals surface area (Å²) >= 11 is 0. The molecule has 7 nitrogen and oxygen atoms in total. The third-order valence-electron chi connectivity index (χ3n) is 3.20. The summed E-state index contributed by atoms with van der Waals surface area (Å²) < 4.78 is 9.62. The fourth-order valence-electron chi connectivity index (χ4n) is 1.99. The molecular formula is C17H19N3O4. The van der Waals surface area contributed by atoms with E-state index < -0.39 is 5.97 Å². The van der Waals surface area contributed by atoms with Crippen molar-refractivity contribution in [1.29, 1.82) is 0 Å². The van der Waals surface area contributed by atoms with Gasteiger partial charge in [-0.25, -0.2) is 9.78 Å². The quantitative estimate of drug-likeness (QED) is 0.596. The lowest BCUT2D eigenvalue weighted by atomic mass is 10.1. The Morgan fingerprint density at radius 1 is 1.12 bits per heavy atom. The molecule has 0 saturated heterocycles. The maximum Gasteiger partial charge on any atom is 0.339 e. The first kappa shape index (κ1) is 17.4. The number of benzene rings is 1. The lowest BCUT2D eigenvalue weighted by Crippen LogP contribution is -2.27. The van der Waals surface area contributed by atoms with Crippen LogP contribution < -0.4 is 10.6 Å². The summed E-state index contributed by atoms with van der Waals surface area (Å²) in [4.78, 5) is 27.7. The van der Waals surface area contributed by atoms with Crippen molar-refractivity contribution in [3.05, 3.63) is 53.9 Å². The molecule has 7 heteroatoms. The van der Waals surface area contributed by atoms with Gasteiger partial charge in [0.25, 0.3) is 5.91 Å². The Morgan fingerprint density at radius 2 is 1.92 bits per heavy atom. The van der Waals surface area contributed by atoms with Crippen molar-refractivity contribution in [2.75, 3.05) is 32.7 Å². The monoisotopic (exact) mass is 329 g/mol. The van der Waals surface area contributed by atoms with E-state index in [1.54, 1.807) is 43.5 Å². The zero-order chi connectivity index (χ0) is 17.4. The van der Waals surface area contributed by atoms with Crippen molar-refractivity contribution in [3.63, 3.8) is 0 Å². The number of anilines is 2. The Bertz CT molecular complexity index is 701. The molecule has 1 aromatic heterocycles. The highest BCUT2D eigenvalue weighted by Crippen LogP contribution is 2.21. The molecule has 1 amide bonds. The van der Waals surface area contributed by atoms with E-state index in [0.29, 0.717) is 35.8 Å². The highest BCUT2D eigenvalue weighted by atomic mass is 16.5. The summed E-state index contributed by atoms with van der Waals surface area (Å²) in [6.45, 7) is 0.860. The number of pyridine rings is 1. The van der Waals surface area contributed by atoms with Crippen molar-refractivity contribution >= 4 is 23.3 Å². The molecule has 24 heavy (non-hydrogen) atoms. The van der Waals surface area contributed by atoms with E-state index in [2.05, 4.69) is 15.6 Å². The lowest BCUT2D eigenvalue weighted by Gasteiger charge is -2.11. The van der Waals surface area contributed by atoms with E-state index in [0.717, 1.165) is 0 Å². The molecule has 0 atom stereocenters. The molecule has 1 aromatic carbocycles. The van der Waals surface area contributed by atoms with Gasteiger partial charge in [0.05, 0.1) is 36.9 Å². The SMILES string of the molecule is COCCNC(=O)c1ccc(Nc2ccccc2C(=O)OC)cn1. The van der Waals surface area contributed by atoms with Crippen molar-refractivity contribution < 1.29 is 19.1 Å². The number of methoxy groups -OCH3 is 2. The molecule has 0 spiro atoms. The summed E-state index contributed by atoms with van der Waals surface area (Å²) in [6, 6.07) is 10.3. The van der Waals surface area contributed by atoms with Crippen LogP contribution in [0.2, 0.25) is 0 Å². The van der Waals surface area contributed by atoms with E-state index >= 15 is 0 Å². The number of ether oxygens (including phenoxy) is 2. The number of carbonyl (C=O) groups is 2. The molecular weight excluding hydrogens is 310 g/mol. The number of aromatic nitrogens is 1. The molecule has 126 valence electrons. The van der Waals surface area contributed by atoms with Crippen LogP contribution in [0.15, 0.2) is 42.6 Å². The molecule has 0 unspecified atom stereocenters. The molecule has 0 saturated carbocycles. The number of rotatable bonds is 7. The number of esters is 1. The Hall–Kier alpha value is -2.93. The second kappa shape index (κ2) is 8.64. The van der Waals surface area contributed by atoms with E-state index in [9.17, 15) is 9.59 Å². The van der Waals surface area contributed by atoms with Crippen LogP contribution in [0.25, 0.3) is 0 Å². The van der Waals surface area contributed by atoms with Gasteiger partial charge < -0.3 is 20.1 Å². The van der Waals surface area contributed by atoms with Gasteiger partial charge >= 0.3 is 5.97 Å². The van der Waals surface area contributed by atoms with Crippen LogP contribution in [0.1, 0.15) is 20.8 Å². The van der Waals surface area contributed by atoms with Crippen molar-refractivity contribution in [3.8, 4) is 0 Å². The molecule has 0 aliphatic rings. The minimum absolute atomic E-state index is 0.270. The maximum atomic E-state index is 11.9. The highest BCUT2D eigenvalue weighted by Gasteiger charge is 2.11. The van der Waals surface area contributed by atoms with Gasteiger partial charge in [-0.05, 0) is 24.3 Å². The largest absolute Gasteiger partial charge is 0.465 e. The molecule has 2 N–H and O–H groups in total.